The number of carbonyl (C=O) groups is 2. The predicted molar refractivity (Wildman–Crippen MR) is 91.3 cm³/mol. The topological polar surface area (TPSA) is 73.2 Å². The molecule has 1 N–H and O–H groups in total. The molecule has 134 valence electrons. The van der Waals surface area contributed by atoms with Gasteiger partial charge in [-0.25, -0.2) is 9.78 Å². The molecule has 2 aromatic heterocycles. The van der Waals surface area contributed by atoms with Gasteiger partial charge in [0.2, 0.25) is 0 Å². The number of thiophene rings is 1. The van der Waals surface area contributed by atoms with Crippen molar-refractivity contribution >= 4 is 28.9 Å². The van der Waals surface area contributed by atoms with Gasteiger partial charge in [0.25, 0.3) is 5.91 Å². The molecule has 0 aliphatic rings. The normalized spacial score (nSPS) is 10.7. The SMILES string of the molecule is O=C(Nc1ccccc1C(=O)OCc1nccn1C(F)F)c1ccsc1. The number of nitrogens with one attached hydrogen (secondary N) is 1. The minimum absolute atomic E-state index is 0.0758. The van der Waals surface area contributed by atoms with Gasteiger partial charge >= 0.3 is 12.5 Å². The van der Waals surface area contributed by atoms with Crippen LogP contribution >= 0.6 is 11.3 Å². The molecule has 0 bridgehead atoms. The van der Waals surface area contributed by atoms with Gasteiger partial charge in [-0.2, -0.15) is 20.1 Å². The summed E-state index contributed by atoms with van der Waals surface area (Å²) in [5, 5.41) is 6.09. The number of imidazole rings is 1. The van der Waals surface area contributed by atoms with E-state index < -0.39 is 19.1 Å². The zero-order valence-corrected chi connectivity index (χ0v) is 14.1. The number of alkyl halides is 2. The Morgan fingerprint density at radius 3 is 2.81 bits per heavy atom. The maximum absolute atomic E-state index is 12.8. The van der Waals surface area contributed by atoms with Crippen LogP contribution in [0.1, 0.15) is 33.1 Å². The molecule has 0 radical (unpaired) electrons. The third-order valence-corrected chi connectivity index (χ3v) is 4.15. The lowest BCUT2D eigenvalue weighted by atomic mass is 10.1. The van der Waals surface area contributed by atoms with Gasteiger partial charge in [0.1, 0.15) is 6.61 Å². The summed E-state index contributed by atoms with van der Waals surface area (Å²) >= 11 is 1.38. The lowest BCUT2D eigenvalue weighted by Gasteiger charge is -2.11. The van der Waals surface area contributed by atoms with Gasteiger partial charge in [0.05, 0.1) is 16.8 Å². The molecule has 9 heteroatoms. The highest BCUT2D eigenvalue weighted by molar-refractivity contribution is 7.08. The molecule has 0 atom stereocenters. The van der Waals surface area contributed by atoms with Crippen LogP contribution in [0.15, 0.2) is 53.5 Å². The fourth-order valence-electron chi connectivity index (χ4n) is 2.20. The fraction of sp³-hybridized carbons (Fsp3) is 0.118. The zero-order valence-electron chi connectivity index (χ0n) is 13.3. The van der Waals surface area contributed by atoms with Crippen LogP contribution in [0.25, 0.3) is 0 Å². The first-order valence-electron chi connectivity index (χ1n) is 7.46. The third-order valence-electron chi connectivity index (χ3n) is 3.47. The second kappa shape index (κ2) is 7.87. The quantitative estimate of drug-likeness (QED) is 0.660. The molecule has 3 aromatic rings. The van der Waals surface area contributed by atoms with Crippen molar-refractivity contribution in [3.8, 4) is 0 Å². The molecule has 26 heavy (non-hydrogen) atoms. The average Bonchev–Trinajstić information content (AvgIpc) is 3.31. The number of hydrogen-bond acceptors (Lipinski definition) is 5. The lowest BCUT2D eigenvalue weighted by molar-refractivity contribution is 0.0377. The first-order chi connectivity index (χ1) is 12.6. The Labute approximate surface area is 151 Å². The Morgan fingerprint density at radius 1 is 1.27 bits per heavy atom. The summed E-state index contributed by atoms with van der Waals surface area (Å²) in [5.41, 5.74) is 0.856. The number of halogens is 2. The summed E-state index contributed by atoms with van der Waals surface area (Å²) in [7, 11) is 0. The smallest absolute Gasteiger partial charge is 0.340 e. The average molecular weight is 377 g/mol. The van der Waals surface area contributed by atoms with E-state index >= 15 is 0 Å². The maximum Gasteiger partial charge on any atom is 0.340 e. The van der Waals surface area contributed by atoms with Crippen molar-refractivity contribution in [2.24, 2.45) is 0 Å². The lowest BCUT2D eigenvalue weighted by Crippen LogP contribution is -2.16. The summed E-state index contributed by atoms with van der Waals surface area (Å²) < 4.78 is 31.3. The minimum Gasteiger partial charge on any atom is -0.454 e. The monoisotopic (exact) mass is 377 g/mol. The Morgan fingerprint density at radius 2 is 2.08 bits per heavy atom. The molecule has 0 aliphatic heterocycles. The molecule has 0 unspecified atom stereocenters. The molecule has 6 nitrogen and oxygen atoms in total. The van der Waals surface area contributed by atoms with E-state index in [2.05, 4.69) is 10.3 Å². The van der Waals surface area contributed by atoms with Crippen molar-refractivity contribution < 1.29 is 23.1 Å². The molecule has 1 amide bonds. The van der Waals surface area contributed by atoms with E-state index in [-0.39, 0.29) is 23.0 Å². The van der Waals surface area contributed by atoms with Crippen LogP contribution in [0.5, 0.6) is 0 Å². The van der Waals surface area contributed by atoms with Crippen LogP contribution in [-0.2, 0) is 11.3 Å². The molecular weight excluding hydrogens is 364 g/mol. The first-order valence-corrected chi connectivity index (χ1v) is 8.40. The number of ether oxygens (including phenoxy) is 1. The van der Waals surface area contributed by atoms with Gasteiger partial charge in [-0.1, -0.05) is 12.1 Å². The number of hydrogen-bond donors (Lipinski definition) is 1. The maximum atomic E-state index is 12.8. The standard InChI is InChI=1S/C17H13F2N3O3S/c18-17(19)22-7-6-20-14(22)9-25-16(24)12-3-1-2-4-13(12)21-15(23)11-5-8-26-10-11/h1-8,10,17H,9H2,(H,21,23). The highest BCUT2D eigenvalue weighted by atomic mass is 32.1. The molecule has 0 saturated carbocycles. The van der Waals surface area contributed by atoms with Crippen LogP contribution in [0.4, 0.5) is 14.5 Å². The second-order valence-electron chi connectivity index (χ2n) is 5.12. The number of esters is 1. The van der Waals surface area contributed by atoms with Crippen molar-refractivity contribution in [3.05, 3.63) is 70.4 Å². The molecule has 3 rings (SSSR count). The number of rotatable bonds is 6. The van der Waals surface area contributed by atoms with Crippen LogP contribution in [-0.4, -0.2) is 21.4 Å². The summed E-state index contributed by atoms with van der Waals surface area (Å²) in [5.74, 6) is -1.19. The van der Waals surface area contributed by atoms with E-state index in [0.29, 0.717) is 10.1 Å². The van der Waals surface area contributed by atoms with Crippen LogP contribution in [0.3, 0.4) is 0 Å². The second-order valence-corrected chi connectivity index (χ2v) is 5.90. The van der Waals surface area contributed by atoms with E-state index in [0.717, 1.165) is 6.20 Å². The molecular formula is C17H13F2N3O3S. The number of benzene rings is 1. The Balaban J connectivity index is 1.71. The van der Waals surface area contributed by atoms with Gasteiger partial charge in [-0.15, -0.1) is 0 Å². The summed E-state index contributed by atoms with van der Waals surface area (Å²) in [6.45, 7) is -3.19. The van der Waals surface area contributed by atoms with E-state index in [1.165, 1.54) is 23.6 Å². The fourth-order valence-corrected chi connectivity index (χ4v) is 2.84. The van der Waals surface area contributed by atoms with E-state index in [1.807, 2.05) is 0 Å². The summed E-state index contributed by atoms with van der Waals surface area (Å²) in [6.07, 6.45) is 2.30. The number of aromatic nitrogens is 2. The van der Waals surface area contributed by atoms with Crippen molar-refractivity contribution in [3.63, 3.8) is 0 Å². The summed E-state index contributed by atoms with van der Waals surface area (Å²) in [6, 6.07) is 7.96. The molecule has 0 fully saturated rings. The number of nitrogens with zero attached hydrogens (tertiary/aromatic N) is 2. The molecule has 1 aromatic carbocycles. The van der Waals surface area contributed by atoms with Crippen molar-refractivity contribution in [2.45, 2.75) is 13.2 Å². The van der Waals surface area contributed by atoms with Gasteiger partial charge < -0.3 is 10.1 Å². The largest absolute Gasteiger partial charge is 0.454 e. The van der Waals surface area contributed by atoms with Gasteiger partial charge in [0, 0.05) is 17.8 Å². The molecule has 2 heterocycles. The highest BCUT2D eigenvalue weighted by Gasteiger charge is 2.18. The van der Waals surface area contributed by atoms with Gasteiger partial charge in [-0.3, -0.25) is 9.36 Å². The Hall–Kier alpha value is -3.07. The van der Waals surface area contributed by atoms with Crippen LogP contribution in [0, 0.1) is 0 Å². The summed E-state index contributed by atoms with van der Waals surface area (Å²) in [4.78, 5) is 28.2. The number of anilines is 1. The predicted octanol–water partition coefficient (Wildman–Crippen LogP) is 3.95. The number of amides is 1. The molecule has 0 spiro atoms. The van der Waals surface area contributed by atoms with Gasteiger partial charge in [0.15, 0.2) is 5.82 Å². The van der Waals surface area contributed by atoms with Gasteiger partial charge in [-0.05, 0) is 23.6 Å². The van der Waals surface area contributed by atoms with E-state index in [1.54, 1.807) is 35.0 Å². The Kier molecular flexibility index (Phi) is 5.37. The van der Waals surface area contributed by atoms with Crippen LogP contribution < -0.4 is 5.32 Å². The third kappa shape index (κ3) is 3.94. The van der Waals surface area contributed by atoms with Crippen LogP contribution in [0.2, 0.25) is 0 Å². The van der Waals surface area contributed by atoms with E-state index in [4.69, 9.17) is 4.74 Å². The molecule has 0 saturated heterocycles. The number of carbonyl (C=O) groups excluding carboxylic acids is 2. The highest BCUT2D eigenvalue weighted by Crippen LogP contribution is 2.19. The zero-order chi connectivity index (χ0) is 18.5. The van der Waals surface area contributed by atoms with Crippen molar-refractivity contribution in [1.82, 2.24) is 9.55 Å². The van der Waals surface area contributed by atoms with Crippen molar-refractivity contribution in [2.75, 3.05) is 5.32 Å². The number of para-hydroxylation sites is 1. The van der Waals surface area contributed by atoms with Crippen molar-refractivity contribution in [1.29, 1.82) is 0 Å². The first kappa shape index (κ1) is 17.7. The van der Waals surface area contributed by atoms with E-state index in [9.17, 15) is 18.4 Å². The minimum atomic E-state index is -2.77. The Bertz CT molecular complexity index is 910. The molecule has 0 aliphatic carbocycles.